The van der Waals surface area contributed by atoms with Crippen LogP contribution in [-0.4, -0.2) is 59.3 Å². The fourth-order valence-corrected chi connectivity index (χ4v) is 2.92. The number of esters is 1. The topological polar surface area (TPSA) is 81.6 Å². The summed E-state index contributed by atoms with van der Waals surface area (Å²) in [5, 5.41) is 4.07. The van der Waals surface area contributed by atoms with E-state index in [9.17, 15) is 9.59 Å². The van der Waals surface area contributed by atoms with Crippen LogP contribution in [0.25, 0.3) is 0 Å². The lowest BCUT2D eigenvalue weighted by atomic mass is 9.91. The Kier molecular flexibility index (Phi) is 4.58. The molecule has 1 unspecified atom stereocenters. The molecule has 1 aromatic rings. The maximum Gasteiger partial charge on any atom is 0.336 e. The van der Waals surface area contributed by atoms with Gasteiger partial charge in [-0.25, -0.2) is 4.79 Å². The van der Waals surface area contributed by atoms with E-state index in [1.165, 1.54) is 7.11 Å². The van der Waals surface area contributed by atoms with Crippen molar-refractivity contribution < 1.29 is 19.1 Å². The third kappa shape index (κ3) is 3.38. The van der Waals surface area contributed by atoms with Crippen molar-refractivity contribution in [2.24, 2.45) is 0 Å². The lowest BCUT2D eigenvalue weighted by molar-refractivity contribution is -0.158. The number of ether oxygens (including phenoxy) is 2. The summed E-state index contributed by atoms with van der Waals surface area (Å²) in [4.78, 5) is 26.3. The van der Waals surface area contributed by atoms with Crippen molar-refractivity contribution in [3.05, 3.63) is 10.6 Å². The van der Waals surface area contributed by atoms with Crippen LogP contribution in [0.3, 0.4) is 0 Å². The molecule has 1 atom stereocenters. The van der Waals surface area contributed by atoms with Crippen LogP contribution in [0.15, 0.2) is 0 Å². The molecule has 0 N–H and O–H groups in total. The maximum absolute atomic E-state index is 12.6. The first-order valence-electron chi connectivity index (χ1n) is 6.66. The van der Waals surface area contributed by atoms with Crippen molar-refractivity contribution in [3.63, 3.8) is 0 Å². The van der Waals surface area contributed by atoms with Crippen LogP contribution in [0, 0.1) is 0 Å². The number of methoxy groups -OCH3 is 1. The molecule has 0 saturated carbocycles. The molecule has 1 amide bonds. The number of nitrogens with zero attached hydrogens (tertiary/aromatic N) is 3. The SMILES string of the molecule is COC(=O)C1CN(C(=O)c2snnc2C(C)(C)C)CCO1. The number of rotatable bonds is 2. The molecule has 1 aromatic heterocycles. The zero-order chi connectivity index (χ0) is 15.6. The Hall–Kier alpha value is -1.54. The quantitative estimate of drug-likeness (QED) is 0.753. The fraction of sp³-hybridized carbons (Fsp3) is 0.692. The highest BCUT2D eigenvalue weighted by molar-refractivity contribution is 7.08. The Labute approximate surface area is 127 Å². The molecule has 1 saturated heterocycles. The summed E-state index contributed by atoms with van der Waals surface area (Å²) in [6.45, 7) is 6.88. The highest BCUT2D eigenvalue weighted by Gasteiger charge is 2.34. The third-order valence-corrected chi connectivity index (χ3v) is 3.92. The normalized spacial score (nSPS) is 19.4. The highest BCUT2D eigenvalue weighted by Crippen LogP contribution is 2.27. The molecule has 1 fully saturated rings. The van der Waals surface area contributed by atoms with E-state index < -0.39 is 12.1 Å². The summed E-state index contributed by atoms with van der Waals surface area (Å²) < 4.78 is 13.9. The Bertz CT molecular complexity index is 538. The molecule has 0 spiro atoms. The summed E-state index contributed by atoms with van der Waals surface area (Å²) in [5.41, 5.74) is 0.421. The maximum atomic E-state index is 12.6. The molecular formula is C13H19N3O4S. The van der Waals surface area contributed by atoms with Crippen molar-refractivity contribution in [1.29, 1.82) is 0 Å². The minimum absolute atomic E-state index is 0.160. The van der Waals surface area contributed by atoms with Gasteiger partial charge in [-0.05, 0) is 11.5 Å². The number of amides is 1. The zero-order valence-corrected chi connectivity index (χ0v) is 13.4. The summed E-state index contributed by atoms with van der Waals surface area (Å²) in [6.07, 6.45) is -0.730. The van der Waals surface area contributed by atoms with Crippen LogP contribution in [0.5, 0.6) is 0 Å². The van der Waals surface area contributed by atoms with Gasteiger partial charge in [-0.3, -0.25) is 4.79 Å². The minimum Gasteiger partial charge on any atom is -0.467 e. The van der Waals surface area contributed by atoms with Gasteiger partial charge < -0.3 is 14.4 Å². The van der Waals surface area contributed by atoms with Crippen molar-refractivity contribution in [3.8, 4) is 0 Å². The monoisotopic (exact) mass is 313 g/mol. The number of carbonyl (C=O) groups excluding carboxylic acids is 2. The van der Waals surface area contributed by atoms with Crippen LogP contribution >= 0.6 is 11.5 Å². The average Bonchev–Trinajstić information content (AvgIpc) is 2.95. The van der Waals surface area contributed by atoms with Gasteiger partial charge in [0.1, 0.15) is 4.88 Å². The fourth-order valence-electron chi connectivity index (χ4n) is 2.07. The van der Waals surface area contributed by atoms with Gasteiger partial charge >= 0.3 is 5.97 Å². The number of hydrogen-bond donors (Lipinski definition) is 0. The number of aromatic nitrogens is 2. The van der Waals surface area contributed by atoms with Crippen molar-refractivity contribution >= 4 is 23.4 Å². The first-order chi connectivity index (χ1) is 9.84. The van der Waals surface area contributed by atoms with Gasteiger partial charge in [0.05, 0.1) is 26.0 Å². The number of morpholine rings is 1. The van der Waals surface area contributed by atoms with E-state index in [-0.39, 0.29) is 17.9 Å². The van der Waals surface area contributed by atoms with Crippen molar-refractivity contribution in [1.82, 2.24) is 14.5 Å². The highest BCUT2D eigenvalue weighted by atomic mass is 32.1. The molecule has 2 rings (SSSR count). The van der Waals surface area contributed by atoms with Crippen LogP contribution in [0.4, 0.5) is 0 Å². The van der Waals surface area contributed by atoms with E-state index in [4.69, 9.17) is 4.74 Å². The Morgan fingerprint density at radius 1 is 1.43 bits per heavy atom. The molecule has 1 aliphatic rings. The minimum atomic E-state index is -0.730. The first-order valence-corrected chi connectivity index (χ1v) is 7.43. The van der Waals surface area contributed by atoms with E-state index in [1.54, 1.807) is 4.90 Å². The Morgan fingerprint density at radius 3 is 2.76 bits per heavy atom. The molecule has 21 heavy (non-hydrogen) atoms. The summed E-state index contributed by atoms with van der Waals surface area (Å²) in [5.74, 6) is -0.627. The summed E-state index contributed by atoms with van der Waals surface area (Å²) >= 11 is 1.08. The summed E-state index contributed by atoms with van der Waals surface area (Å²) in [6, 6.07) is 0. The standard InChI is InChI=1S/C13H19N3O4S/c1-13(2,3)10-9(21-15-14-10)11(17)16-5-6-20-8(7-16)12(18)19-4/h8H,5-7H2,1-4H3. The van der Waals surface area contributed by atoms with Gasteiger partial charge in [-0.2, -0.15) is 0 Å². The molecule has 116 valence electrons. The lowest BCUT2D eigenvalue weighted by Gasteiger charge is -2.31. The predicted octanol–water partition coefficient (Wildman–Crippen LogP) is 0.850. The van der Waals surface area contributed by atoms with Gasteiger partial charge in [-0.15, -0.1) is 5.10 Å². The van der Waals surface area contributed by atoms with Crippen LogP contribution in [0.1, 0.15) is 36.1 Å². The molecule has 0 aliphatic carbocycles. The molecule has 7 nitrogen and oxygen atoms in total. The van der Waals surface area contributed by atoms with E-state index in [1.807, 2.05) is 20.8 Å². The van der Waals surface area contributed by atoms with Gasteiger partial charge in [0.25, 0.3) is 5.91 Å². The first kappa shape index (κ1) is 15.8. The Balaban J connectivity index is 2.17. The van der Waals surface area contributed by atoms with Crippen molar-refractivity contribution in [2.45, 2.75) is 32.3 Å². The van der Waals surface area contributed by atoms with E-state index in [2.05, 4.69) is 14.3 Å². The molecule has 2 heterocycles. The second-order valence-corrected chi connectivity index (χ2v) is 6.59. The zero-order valence-electron chi connectivity index (χ0n) is 12.6. The largest absolute Gasteiger partial charge is 0.467 e. The van der Waals surface area contributed by atoms with Gasteiger partial charge in [0, 0.05) is 12.0 Å². The smallest absolute Gasteiger partial charge is 0.336 e. The lowest BCUT2D eigenvalue weighted by Crippen LogP contribution is -2.49. The van der Waals surface area contributed by atoms with Crippen LogP contribution in [-0.2, 0) is 19.7 Å². The number of hydrogen-bond acceptors (Lipinski definition) is 7. The third-order valence-electron chi connectivity index (χ3n) is 3.21. The van der Waals surface area contributed by atoms with E-state index >= 15 is 0 Å². The summed E-state index contributed by atoms with van der Waals surface area (Å²) in [7, 11) is 1.30. The molecule has 1 aliphatic heterocycles. The van der Waals surface area contributed by atoms with Crippen molar-refractivity contribution in [2.75, 3.05) is 26.8 Å². The van der Waals surface area contributed by atoms with Gasteiger partial charge in [0.15, 0.2) is 6.10 Å². The van der Waals surface area contributed by atoms with E-state index in [0.29, 0.717) is 23.7 Å². The molecular weight excluding hydrogens is 294 g/mol. The molecule has 0 aromatic carbocycles. The predicted molar refractivity (Wildman–Crippen MR) is 76.3 cm³/mol. The molecule has 8 heteroatoms. The molecule has 0 radical (unpaired) electrons. The van der Waals surface area contributed by atoms with E-state index in [0.717, 1.165) is 11.5 Å². The van der Waals surface area contributed by atoms with Crippen LogP contribution < -0.4 is 0 Å². The van der Waals surface area contributed by atoms with Gasteiger partial charge in [0.2, 0.25) is 0 Å². The number of carbonyl (C=O) groups is 2. The Morgan fingerprint density at radius 2 is 2.14 bits per heavy atom. The average molecular weight is 313 g/mol. The second-order valence-electron chi connectivity index (χ2n) is 5.83. The molecule has 0 bridgehead atoms. The van der Waals surface area contributed by atoms with Crippen LogP contribution in [0.2, 0.25) is 0 Å². The second kappa shape index (κ2) is 6.07. The van der Waals surface area contributed by atoms with Gasteiger partial charge in [-0.1, -0.05) is 25.3 Å².